The Morgan fingerprint density at radius 1 is 1.03 bits per heavy atom. The summed E-state index contributed by atoms with van der Waals surface area (Å²) in [7, 11) is -3.70. The van der Waals surface area contributed by atoms with Crippen molar-refractivity contribution < 1.29 is 22.8 Å². The SMILES string of the molecule is C[C@H]1CCCC[C@@]12NC(=O)N(CC(=O)N1CCN(S(=O)(=O)c3ccc4ccccc4c3)CC1)C2=O. The van der Waals surface area contributed by atoms with Gasteiger partial charge in [0.15, 0.2) is 0 Å². The summed E-state index contributed by atoms with van der Waals surface area (Å²) in [4.78, 5) is 41.5. The fourth-order valence-corrected chi connectivity index (χ4v) is 6.99. The highest BCUT2D eigenvalue weighted by Crippen LogP contribution is 2.38. The lowest BCUT2D eigenvalue weighted by atomic mass is 9.73. The Kier molecular flexibility index (Phi) is 6.04. The first-order valence-corrected chi connectivity index (χ1v) is 13.6. The summed E-state index contributed by atoms with van der Waals surface area (Å²) in [5, 5.41) is 4.68. The summed E-state index contributed by atoms with van der Waals surface area (Å²) < 4.78 is 27.8. The van der Waals surface area contributed by atoms with E-state index in [0.717, 1.165) is 34.9 Å². The molecule has 2 atom stereocenters. The van der Waals surface area contributed by atoms with E-state index >= 15 is 0 Å². The highest BCUT2D eigenvalue weighted by atomic mass is 32.2. The van der Waals surface area contributed by atoms with Crippen molar-refractivity contribution in [3.63, 3.8) is 0 Å². The van der Waals surface area contributed by atoms with Gasteiger partial charge in [-0.3, -0.25) is 14.5 Å². The molecule has 3 fully saturated rings. The van der Waals surface area contributed by atoms with E-state index in [4.69, 9.17) is 0 Å². The maximum Gasteiger partial charge on any atom is 0.325 e. The Morgan fingerprint density at radius 2 is 1.74 bits per heavy atom. The molecule has 0 radical (unpaired) electrons. The van der Waals surface area contributed by atoms with Crippen LogP contribution in [0.25, 0.3) is 10.8 Å². The molecule has 0 bridgehead atoms. The third kappa shape index (κ3) is 4.08. The summed E-state index contributed by atoms with van der Waals surface area (Å²) in [5.74, 6) is -0.644. The number of nitrogens with zero attached hydrogens (tertiary/aromatic N) is 3. The number of piperazine rings is 1. The van der Waals surface area contributed by atoms with Gasteiger partial charge in [-0.15, -0.1) is 0 Å². The second-order valence-electron chi connectivity index (χ2n) is 9.73. The molecule has 0 aromatic heterocycles. The van der Waals surface area contributed by atoms with Crippen LogP contribution in [-0.4, -0.2) is 78.6 Å². The molecule has 2 aromatic rings. The predicted octanol–water partition coefficient (Wildman–Crippen LogP) is 2.17. The fourth-order valence-electron chi connectivity index (χ4n) is 5.53. The van der Waals surface area contributed by atoms with Gasteiger partial charge in [-0.05, 0) is 41.7 Å². The Morgan fingerprint density at radius 3 is 2.46 bits per heavy atom. The van der Waals surface area contributed by atoms with Crippen molar-refractivity contribution in [2.45, 2.75) is 43.0 Å². The van der Waals surface area contributed by atoms with Crippen LogP contribution in [0.1, 0.15) is 32.6 Å². The molecule has 2 saturated heterocycles. The molecule has 10 heteroatoms. The Labute approximate surface area is 205 Å². The van der Waals surface area contributed by atoms with Gasteiger partial charge >= 0.3 is 6.03 Å². The molecule has 1 aliphatic carbocycles. The first-order chi connectivity index (χ1) is 16.7. The summed E-state index contributed by atoms with van der Waals surface area (Å²) in [6, 6.07) is 12.1. The molecule has 2 aliphatic heterocycles. The Bertz CT molecular complexity index is 1290. The lowest BCUT2D eigenvalue weighted by Crippen LogP contribution is -2.55. The van der Waals surface area contributed by atoms with E-state index in [1.54, 1.807) is 18.2 Å². The number of fused-ring (bicyclic) bond motifs is 1. The number of carbonyl (C=O) groups excluding carboxylic acids is 3. The topological polar surface area (TPSA) is 107 Å². The van der Waals surface area contributed by atoms with Gasteiger partial charge in [-0.25, -0.2) is 13.2 Å². The van der Waals surface area contributed by atoms with E-state index in [2.05, 4.69) is 5.32 Å². The van der Waals surface area contributed by atoms with Crippen LogP contribution in [0.2, 0.25) is 0 Å². The molecule has 0 unspecified atom stereocenters. The van der Waals surface area contributed by atoms with Crippen LogP contribution in [0.4, 0.5) is 4.79 Å². The van der Waals surface area contributed by atoms with Gasteiger partial charge in [-0.1, -0.05) is 50.1 Å². The van der Waals surface area contributed by atoms with Crippen molar-refractivity contribution in [1.82, 2.24) is 19.4 Å². The lowest BCUT2D eigenvalue weighted by molar-refractivity contribution is -0.141. The van der Waals surface area contributed by atoms with E-state index in [0.29, 0.717) is 6.42 Å². The molecule has 2 heterocycles. The molecule has 3 aliphatic rings. The normalized spacial score (nSPS) is 25.9. The van der Waals surface area contributed by atoms with Gasteiger partial charge in [0.2, 0.25) is 15.9 Å². The molecular weight excluding hydrogens is 468 g/mol. The minimum atomic E-state index is -3.70. The van der Waals surface area contributed by atoms with Gasteiger partial charge in [-0.2, -0.15) is 4.31 Å². The zero-order valence-electron chi connectivity index (χ0n) is 19.8. The second-order valence-corrected chi connectivity index (χ2v) is 11.7. The van der Waals surface area contributed by atoms with E-state index in [9.17, 15) is 22.8 Å². The summed E-state index contributed by atoms with van der Waals surface area (Å²) in [6.07, 6.45) is 3.35. The molecule has 9 nitrogen and oxygen atoms in total. The number of benzene rings is 2. The van der Waals surface area contributed by atoms with E-state index in [-0.39, 0.29) is 55.4 Å². The van der Waals surface area contributed by atoms with Gasteiger partial charge in [0.05, 0.1) is 4.90 Å². The molecule has 1 saturated carbocycles. The van der Waals surface area contributed by atoms with Crippen LogP contribution >= 0.6 is 0 Å². The molecule has 186 valence electrons. The quantitative estimate of drug-likeness (QED) is 0.651. The van der Waals surface area contributed by atoms with Gasteiger partial charge < -0.3 is 10.2 Å². The van der Waals surface area contributed by atoms with E-state index in [1.165, 1.54) is 9.21 Å². The number of rotatable bonds is 4. The summed E-state index contributed by atoms with van der Waals surface area (Å²) >= 11 is 0. The van der Waals surface area contributed by atoms with Crippen molar-refractivity contribution in [2.75, 3.05) is 32.7 Å². The maximum absolute atomic E-state index is 13.2. The van der Waals surface area contributed by atoms with Crippen LogP contribution in [0.15, 0.2) is 47.4 Å². The second kappa shape index (κ2) is 8.91. The number of imide groups is 1. The highest BCUT2D eigenvalue weighted by Gasteiger charge is 2.55. The average Bonchev–Trinajstić information content (AvgIpc) is 3.10. The maximum atomic E-state index is 13.2. The van der Waals surface area contributed by atoms with Crippen LogP contribution in [0.5, 0.6) is 0 Å². The van der Waals surface area contributed by atoms with Crippen molar-refractivity contribution in [3.8, 4) is 0 Å². The minimum absolute atomic E-state index is 0.0247. The smallest absolute Gasteiger partial charge is 0.325 e. The summed E-state index contributed by atoms with van der Waals surface area (Å²) in [6.45, 7) is 2.37. The largest absolute Gasteiger partial charge is 0.338 e. The number of urea groups is 1. The van der Waals surface area contributed by atoms with Gasteiger partial charge in [0.25, 0.3) is 5.91 Å². The van der Waals surface area contributed by atoms with Crippen LogP contribution in [-0.2, 0) is 19.6 Å². The third-order valence-corrected chi connectivity index (χ3v) is 9.64. The zero-order valence-corrected chi connectivity index (χ0v) is 20.6. The molecular formula is C25H30N4O5S. The summed E-state index contributed by atoms with van der Waals surface area (Å²) in [5.41, 5.74) is -0.901. The van der Waals surface area contributed by atoms with Crippen LogP contribution in [0, 0.1) is 5.92 Å². The molecule has 2 aromatic carbocycles. The van der Waals surface area contributed by atoms with E-state index < -0.39 is 21.6 Å². The highest BCUT2D eigenvalue weighted by molar-refractivity contribution is 7.89. The third-order valence-electron chi connectivity index (χ3n) is 7.74. The predicted molar refractivity (Wildman–Crippen MR) is 130 cm³/mol. The number of hydrogen-bond acceptors (Lipinski definition) is 5. The monoisotopic (exact) mass is 498 g/mol. The van der Waals surface area contributed by atoms with Crippen molar-refractivity contribution in [1.29, 1.82) is 0 Å². The zero-order chi connectivity index (χ0) is 24.8. The fraction of sp³-hybridized carbons (Fsp3) is 0.480. The van der Waals surface area contributed by atoms with Crippen molar-refractivity contribution in [3.05, 3.63) is 42.5 Å². The molecule has 1 N–H and O–H groups in total. The number of amides is 4. The number of sulfonamides is 1. The Balaban J connectivity index is 1.22. The number of nitrogens with one attached hydrogen (secondary N) is 1. The average molecular weight is 499 g/mol. The van der Waals surface area contributed by atoms with Gasteiger partial charge in [0.1, 0.15) is 12.1 Å². The standard InChI is InChI=1S/C25H30N4O5S/c1-18-6-4-5-11-25(18)23(31)29(24(32)26-25)17-22(30)27-12-14-28(15-13-27)35(33,34)21-10-9-19-7-2-3-8-20(19)16-21/h2-3,7-10,16,18H,4-6,11-15,17H2,1H3,(H,26,32)/t18-,25+/m0/s1. The minimum Gasteiger partial charge on any atom is -0.338 e. The number of carbonyl (C=O) groups is 3. The first-order valence-electron chi connectivity index (χ1n) is 12.1. The molecule has 35 heavy (non-hydrogen) atoms. The lowest BCUT2D eigenvalue weighted by Gasteiger charge is -2.37. The van der Waals surface area contributed by atoms with Crippen LogP contribution < -0.4 is 5.32 Å². The van der Waals surface area contributed by atoms with E-state index in [1.807, 2.05) is 31.2 Å². The first kappa shape index (κ1) is 23.7. The Hall–Kier alpha value is -2.98. The molecule has 1 spiro atoms. The van der Waals surface area contributed by atoms with Crippen molar-refractivity contribution >= 4 is 38.6 Å². The number of hydrogen-bond donors (Lipinski definition) is 1. The van der Waals surface area contributed by atoms with Crippen LogP contribution in [0.3, 0.4) is 0 Å². The van der Waals surface area contributed by atoms with Crippen molar-refractivity contribution in [2.24, 2.45) is 5.92 Å². The molecule has 4 amide bonds. The van der Waals surface area contributed by atoms with Gasteiger partial charge in [0, 0.05) is 26.2 Å². The molecule has 5 rings (SSSR count).